The van der Waals surface area contributed by atoms with Gasteiger partial charge in [-0.3, -0.25) is 10.1 Å². The molecule has 0 amide bonds. The van der Waals surface area contributed by atoms with Crippen LogP contribution in [0.1, 0.15) is 40.0 Å². The maximum Gasteiger partial charge on any atom is 0.329 e. The van der Waals surface area contributed by atoms with Crippen LogP contribution in [-0.2, 0) is 0 Å². The van der Waals surface area contributed by atoms with Crippen molar-refractivity contribution in [3.05, 3.63) is 21.6 Å². The molecule has 0 aliphatic heterocycles. The summed E-state index contributed by atoms with van der Waals surface area (Å²) in [6.45, 7) is 6.86. The molecule has 106 valence electrons. The Morgan fingerprint density at radius 2 is 2.21 bits per heavy atom. The standard InChI is InChI=1S/C12H19ClN4O2/c1-4-6-7-16(9(3)5-2)11-10(17(18)19)8-14-12(13)15-11/h8-9H,4-7H2,1-3H3. The lowest BCUT2D eigenvalue weighted by molar-refractivity contribution is -0.384. The minimum atomic E-state index is -0.465. The van der Waals surface area contributed by atoms with Gasteiger partial charge in [-0.2, -0.15) is 4.98 Å². The van der Waals surface area contributed by atoms with E-state index >= 15 is 0 Å². The lowest BCUT2D eigenvalue weighted by Gasteiger charge is -2.29. The molecule has 0 aliphatic carbocycles. The van der Waals surface area contributed by atoms with Crippen LogP contribution in [0.25, 0.3) is 0 Å². The predicted molar refractivity (Wildman–Crippen MR) is 75.7 cm³/mol. The molecule has 0 bridgehead atoms. The lowest BCUT2D eigenvalue weighted by Crippen LogP contribution is -2.34. The Bertz CT molecular complexity index is 442. The summed E-state index contributed by atoms with van der Waals surface area (Å²) in [6.07, 6.45) is 4.01. The normalized spacial score (nSPS) is 12.2. The first kappa shape index (κ1) is 15.6. The SMILES string of the molecule is CCCCN(c1nc(Cl)ncc1[N+](=O)[O-])C(C)CC. The highest BCUT2D eigenvalue weighted by atomic mass is 35.5. The van der Waals surface area contributed by atoms with Crippen LogP contribution in [0.3, 0.4) is 0 Å². The van der Waals surface area contributed by atoms with E-state index in [9.17, 15) is 10.1 Å². The average Bonchev–Trinajstić information content (AvgIpc) is 2.38. The van der Waals surface area contributed by atoms with Crippen LogP contribution in [0.4, 0.5) is 11.5 Å². The molecule has 1 aromatic heterocycles. The number of anilines is 1. The van der Waals surface area contributed by atoms with Crippen molar-refractivity contribution in [1.29, 1.82) is 0 Å². The molecule has 0 aromatic carbocycles. The zero-order valence-electron chi connectivity index (χ0n) is 11.5. The third-order valence-corrected chi connectivity index (χ3v) is 3.25. The number of halogens is 1. The van der Waals surface area contributed by atoms with Crippen molar-refractivity contribution in [3.8, 4) is 0 Å². The third-order valence-electron chi connectivity index (χ3n) is 3.06. The molecule has 0 spiro atoms. The van der Waals surface area contributed by atoms with Gasteiger partial charge < -0.3 is 4.90 Å². The van der Waals surface area contributed by atoms with Crippen molar-refractivity contribution < 1.29 is 4.92 Å². The molecular formula is C12H19ClN4O2. The molecule has 1 aromatic rings. The van der Waals surface area contributed by atoms with E-state index in [1.54, 1.807) is 0 Å². The largest absolute Gasteiger partial charge is 0.348 e. The highest BCUT2D eigenvalue weighted by Gasteiger charge is 2.25. The highest BCUT2D eigenvalue weighted by molar-refractivity contribution is 6.28. The number of hydrogen-bond donors (Lipinski definition) is 0. The first-order valence-electron chi connectivity index (χ1n) is 6.44. The summed E-state index contributed by atoms with van der Waals surface area (Å²) in [5, 5.41) is 11.1. The van der Waals surface area contributed by atoms with Crippen molar-refractivity contribution in [2.75, 3.05) is 11.4 Å². The van der Waals surface area contributed by atoms with E-state index in [-0.39, 0.29) is 17.0 Å². The first-order chi connectivity index (χ1) is 9.01. The predicted octanol–water partition coefficient (Wildman–Crippen LogP) is 3.44. The van der Waals surface area contributed by atoms with Gasteiger partial charge in [-0.25, -0.2) is 4.98 Å². The zero-order valence-corrected chi connectivity index (χ0v) is 12.2. The topological polar surface area (TPSA) is 72.2 Å². The molecule has 0 saturated heterocycles. The summed E-state index contributed by atoms with van der Waals surface area (Å²) >= 11 is 5.78. The second-order valence-electron chi connectivity index (χ2n) is 4.41. The smallest absolute Gasteiger partial charge is 0.329 e. The molecule has 0 N–H and O–H groups in total. The molecule has 0 fully saturated rings. The second-order valence-corrected chi connectivity index (χ2v) is 4.75. The number of rotatable bonds is 7. The Hall–Kier alpha value is -1.43. The Balaban J connectivity index is 3.19. The Morgan fingerprint density at radius 3 is 2.74 bits per heavy atom. The summed E-state index contributed by atoms with van der Waals surface area (Å²) in [5.41, 5.74) is -0.0965. The molecule has 0 saturated carbocycles. The Labute approximate surface area is 118 Å². The van der Waals surface area contributed by atoms with E-state index in [1.807, 2.05) is 18.7 Å². The van der Waals surface area contributed by atoms with Gasteiger partial charge in [0.25, 0.3) is 0 Å². The van der Waals surface area contributed by atoms with E-state index in [1.165, 1.54) is 6.20 Å². The van der Waals surface area contributed by atoms with Crippen LogP contribution < -0.4 is 4.90 Å². The molecule has 6 nitrogen and oxygen atoms in total. The number of nitrogens with zero attached hydrogens (tertiary/aromatic N) is 4. The van der Waals surface area contributed by atoms with E-state index < -0.39 is 4.92 Å². The van der Waals surface area contributed by atoms with Gasteiger partial charge in [0.1, 0.15) is 6.20 Å². The Morgan fingerprint density at radius 1 is 1.53 bits per heavy atom. The first-order valence-corrected chi connectivity index (χ1v) is 6.82. The fraction of sp³-hybridized carbons (Fsp3) is 0.667. The number of hydrogen-bond acceptors (Lipinski definition) is 5. The minimum absolute atomic E-state index is 0.0328. The summed E-state index contributed by atoms with van der Waals surface area (Å²) < 4.78 is 0. The van der Waals surface area contributed by atoms with Crippen LogP contribution >= 0.6 is 11.6 Å². The van der Waals surface area contributed by atoms with Crippen LogP contribution in [0.15, 0.2) is 6.20 Å². The van der Waals surface area contributed by atoms with E-state index in [0.717, 1.165) is 25.8 Å². The zero-order chi connectivity index (χ0) is 14.4. The molecule has 0 aliphatic rings. The van der Waals surface area contributed by atoms with Gasteiger partial charge >= 0.3 is 5.69 Å². The van der Waals surface area contributed by atoms with Gasteiger partial charge in [0.15, 0.2) is 0 Å². The van der Waals surface area contributed by atoms with Gasteiger partial charge in [-0.1, -0.05) is 20.3 Å². The van der Waals surface area contributed by atoms with Crippen LogP contribution in [0, 0.1) is 10.1 Å². The minimum Gasteiger partial charge on any atom is -0.348 e. The highest BCUT2D eigenvalue weighted by Crippen LogP contribution is 2.28. The molecule has 19 heavy (non-hydrogen) atoms. The van der Waals surface area contributed by atoms with Crippen molar-refractivity contribution in [2.24, 2.45) is 0 Å². The van der Waals surface area contributed by atoms with E-state index in [0.29, 0.717) is 5.82 Å². The molecule has 0 radical (unpaired) electrons. The van der Waals surface area contributed by atoms with Crippen molar-refractivity contribution in [3.63, 3.8) is 0 Å². The maximum atomic E-state index is 11.1. The average molecular weight is 287 g/mol. The summed E-state index contributed by atoms with van der Waals surface area (Å²) in [5.74, 6) is 0.313. The molecule has 1 atom stereocenters. The van der Waals surface area contributed by atoms with Crippen molar-refractivity contribution in [2.45, 2.75) is 46.1 Å². The van der Waals surface area contributed by atoms with Crippen molar-refractivity contribution in [1.82, 2.24) is 9.97 Å². The lowest BCUT2D eigenvalue weighted by atomic mass is 10.2. The monoisotopic (exact) mass is 286 g/mol. The van der Waals surface area contributed by atoms with Crippen LogP contribution in [0.2, 0.25) is 5.28 Å². The van der Waals surface area contributed by atoms with Gasteiger partial charge in [0.2, 0.25) is 11.1 Å². The number of aromatic nitrogens is 2. The van der Waals surface area contributed by atoms with E-state index in [2.05, 4.69) is 16.9 Å². The summed E-state index contributed by atoms with van der Waals surface area (Å²) in [7, 11) is 0. The molecule has 1 unspecified atom stereocenters. The summed E-state index contributed by atoms with van der Waals surface area (Å²) in [6, 6.07) is 0.163. The van der Waals surface area contributed by atoms with Gasteiger partial charge in [0, 0.05) is 12.6 Å². The Kier molecular flexibility index (Phi) is 5.95. The van der Waals surface area contributed by atoms with Gasteiger partial charge in [-0.15, -0.1) is 0 Å². The second kappa shape index (κ2) is 7.23. The fourth-order valence-corrected chi connectivity index (χ4v) is 1.90. The summed E-state index contributed by atoms with van der Waals surface area (Å²) in [4.78, 5) is 20.3. The van der Waals surface area contributed by atoms with Crippen molar-refractivity contribution >= 4 is 23.1 Å². The van der Waals surface area contributed by atoms with E-state index in [4.69, 9.17) is 11.6 Å². The quantitative estimate of drug-likeness (QED) is 0.436. The van der Waals surface area contributed by atoms with Crippen LogP contribution in [-0.4, -0.2) is 27.5 Å². The van der Waals surface area contributed by atoms with Gasteiger partial charge in [0.05, 0.1) is 4.92 Å². The maximum absolute atomic E-state index is 11.1. The molecular weight excluding hydrogens is 268 g/mol. The number of nitro groups is 1. The fourth-order valence-electron chi connectivity index (χ4n) is 1.77. The van der Waals surface area contributed by atoms with Gasteiger partial charge in [-0.05, 0) is 31.4 Å². The molecule has 7 heteroatoms. The molecule has 1 heterocycles. The number of unbranched alkanes of at least 4 members (excludes halogenated alkanes) is 1. The van der Waals surface area contributed by atoms with Crippen LogP contribution in [0.5, 0.6) is 0 Å². The third kappa shape index (κ3) is 4.02. The molecule has 1 rings (SSSR count).